The molecule has 2 aromatic rings. The van der Waals surface area contributed by atoms with Crippen LogP contribution < -0.4 is 10.7 Å². The van der Waals surface area contributed by atoms with Gasteiger partial charge in [0.05, 0.1) is 17.4 Å². The largest absolute Gasteiger partial charge is 0.455 e. The Bertz CT molecular complexity index is 1120. The fourth-order valence-electron chi connectivity index (χ4n) is 3.10. The third-order valence-corrected chi connectivity index (χ3v) is 5.37. The van der Waals surface area contributed by atoms with Gasteiger partial charge < -0.3 is 10.1 Å². The van der Waals surface area contributed by atoms with Gasteiger partial charge in [-0.2, -0.15) is 0 Å². The number of benzene rings is 2. The van der Waals surface area contributed by atoms with E-state index in [0.717, 1.165) is 9.48 Å². The fraction of sp³-hybridized carbons (Fsp3) is 0.238. The minimum Gasteiger partial charge on any atom is -0.455 e. The lowest BCUT2D eigenvalue weighted by molar-refractivity contribution is -0.385. The third kappa shape index (κ3) is 6.13. The lowest BCUT2D eigenvalue weighted by atomic mass is 10.1. The molecular formula is C21H19BrN4O7. The van der Waals surface area contributed by atoms with Gasteiger partial charge in [0.25, 0.3) is 17.5 Å². The molecule has 0 bridgehead atoms. The molecule has 2 N–H and O–H groups in total. The normalized spacial score (nSPS) is 15.2. The summed E-state index contributed by atoms with van der Waals surface area (Å²) in [6.45, 7) is 0.848. The van der Waals surface area contributed by atoms with Crippen LogP contribution in [0, 0.1) is 23.0 Å². The van der Waals surface area contributed by atoms with Crippen molar-refractivity contribution in [3.8, 4) is 0 Å². The van der Waals surface area contributed by atoms with Crippen molar-refractivity contribution in [1.29, 1.82) is 0 Å². The van der Waals surface area contributed by atoms with Crippen LogP contribution in [-0.4, -0.2) is 46.8 Å². The molecular weight excluding hydrogens is 500 g/mol. The smallest absolute Gasteiger partial charge is 0.311 e. The standard InChI is InChI=1S/C21H19BrN4O7/c1-12-2-7-16(9-17(12)26(31)32)23-18(27)11-33-21(30)14-8-19(28)25(10-14)24-20(29)13-3-5-15(22)6-4-13/h2-7,9,14H,8,10-11H2,1H3,(H,23,27)(H,24,29)/t14-/m0/s1. The van der Waals surface area contributed by atoms with Crippen molar-refractivity contribution in [2.45, 2.75) is 13.3 Å². The molecule has 2 aromatic carbocycles. The molecule has 0 radical (unpaired) electrons. The molecule has 0 spiro atoms. The number of anilines is 1. The molecule has 0 aromatic heterocycles. The molecule has 1 heterocycles. The minimum atomic E-state index is -0.851. The predicted molar refractivity (Wildman–Crippen MR) is 119 cm³/mol. The molecule has 1 atom stereocenters. The number of nitro groups is 1. The van der Waals surface area contributed by atoms with Crippen molar-refractivity contribution in [1.82, 2.24) is 10.4 Å². The van der Waals surface area contributed by atoms with Crippen LogP contribution in [0.1, 0.15) is 22.3 Å². The van der Waals surface area contributed by atoms with Crippen molar-refractivity contribution in [3.63, 3.8) is 0 Å². The van der Waals surface area contributed by atoms with Gasteiger partial charge in [-0.1, -0.05) is 22.0 Å². The molecule has 1 fully saturated rings. The maximum absolute atomic E-state index is 12.3. The first-order chi connectivity index (χ1) is 15.6. The van der Waals surface area contributed by atoms with E-state index in [2.05, 4.69) is 26.7 Å². The fourth-order valence-corrected chi connectivity index (χ4v) is 3.36. The van der Waals surface area contributed by atoms with Crippen molar-refractivity contribution >= 4 is 51.0 Å². The van der Waals surface area contributed by atoms with Crippen LogP contribution in [0.15, 0.2) is 46.9 Å². The van der Waals surface area contributed by atoms with E-state index in [4.69, 9.17) is 4.74 Å². The highest BCUT2D eigenvalue weighted by molar-refractivity contribution is 9.10. The van der Waals surface area contributed by atoms with Crippen molar-refractivity contribution < 1.29 is 28.8 Å². The van der Waals surface area contributed by atoms with Crippen molar-refractivity contribution in [2.24, 2.45) is 5.92 Å². The minimum absolute atomic E-state index is 0.0916. The SMILES string of the molecule is Cc1ccc(NC(=O)COC(=O)[C@H]2CC(=O)N(NC(=O)c3ccc(Br)cc3)C2)cc1[N+](=O)[O-]. The van der Waals surface area contributed by atoms with Gasteiger partial charge in [-0.05, 0) is 37.3 Å². The summed E-state index contributed by atoms with van der Waals surface area (Å²) in [6, 6.07) is 10.7. The monoisotopic (exact) mass is 518 g/mol. The number of amides is 3. The van der Waals surface area contributed by atoms with Gasteiger partial charge in [0.1, 0.15) is 0 Å². The number of nitro benzene ring substituents is 1. The van der Waals surface area contributed by atoms with Crippen LogP contribution in [-0.2, 0) is 19.1 Å². The van der Waals surface area contributed by atoms with Gasteiger partial charge in [-0.15, -0.1) is 0 Å². The Balaban J connectivity index is 1.49. The van der Waals surface area contributed by atoms with Gasteiger partial charge in [0.15, 0.2) is 6.61 Å². The summed E-state index contributed by atoms with van der Waals surface area (Å²) in [5.41, 5.74) is 3.26. The predicted octanol–water partition coefficient (Wildman–Crippen LogP) is 2.34. The van der Waals surface area contributed by atoms with Gasteiger partial charge >= 0.3 is 5.97 Å². The van der Waals surface area contributed by atoms with E-state index in [-0.39, 0.29) is 24.3 Å². The molecule has 3 amide bonds. The quantitative estimate of drug-likeness (QED) is 0.324. The molecule has 1 aliphatic rings. The average Bonchev–Trinajstić information content (AvgIpc) is 3.14. The van der Waals surface area contributed by atoms with Gasteiger partial charge in [0, 0.05) is 33.8 Å². The second-order valence-corrected chi connectivity index (χ2v) is 8.18. The number of rotatable bonds is 7. The van der Waals surface area contributed by atoms with Gasteiger partial charge in [0.2, 0.25) is 5.91 Å². The highest BCUT2D eigenvalue weighted by Crippen LogP contribution is 2.22. The number of hydrazine groups is 1. The Hall–Kier alpha value is -3.80. The van der Waals surface area contributed by atoms with Crippen LogP contribution >= 0.6 is 15.9 Å². The number of nitrogens with one attached hydrogen (secondary N) is 2. The van der Waals surface area contributed by atoms with Crippen LogP contribution in [0.25, 0.3) is 0 Å². The summed E-state index contributed by atoms with van der Waals surface area (Å²) in [5.74, 6) is -3.27. The summed E-state index contributed by atoms with van der Waals surface area (Å²) in [7, 11) is 0. The topological polar surface area (TPSA) is 148 Å². The molecule has 3 rings (SSSR count). The maximum Gasteiger partial charge on any atom is 0.311 e. The first-order valence-electron chi connectivity index (χ1n) is 9.72. The summed E-state index contributed by atoms with van der Waals surface area (Å²) in [4.78, 5) is 59.2. The Morgan fingerprint density at radius 3 is 2.58 bits per heavy atom. The van der Waals surface area contributed by atoms with E-state index in [0.29, 0.717) is 11.1 Å². The van der Waals surface area contributed by atoms with Crippen molar-refractivity contribution in [3.05, 3.63) is 68.2 Å². The first-order valence-corrected chi connectivity index (χ1v) is 10.5. The van der Waals surface area contributed by atoms with E-state index in [1.54, 1.807) is 31.2 Å². The summed E-state index contributed by atoms with van der Waals surface area (Å²) < 4.78 is 5.77. The van der Waals surface area contributed by atoms with Gasteiger partial charge in [-0.3, -0.25) is 39.7 Å². The number of esters is 1. The number of ether oxygens (including phenoxy) is 1. The second-order valence-electron chi connectivity index (χ2n) is 7.27. The Kier molecular flexibility index (Phi) is 7.38. The van der Waals surface area contributed by atoms with E-state index < -0.39 is 41.1 Å². The van der Waals surface area contributed by atoms with Crippen molar-refractivity contribution in [2.75, 3.05) is 18.5 Å². The number of hydrogen-bond donors (Lipinski definition) is 2. The Morgan fingerprint density at radius 2 is 1.91 bits per heavy atom. The zero-order valence-corrected chi connectivity index (χ0v) is 19.0. The average molecular weight is 519 g/mol. The number of carbonyl (C=O) groups excluding carboxylic acids is 4. The molecule has 172 valence electrons. The Morgan fingerprint density at radius 1 is 1.21 bits per heavy atom. The molecule has 0 saturated carbocycles. The van der Waals surface area contributed by atoms with E-state index in [1.165, 1.54) is 18.2 Å². The zero-order chi connectivity index (χ0) is 24.1. The number of carbonyl (C=O) groups is 4. The van der Waals surface area contributed by atoms with Crippen LogP contribution in [0.5, 0.6) is 0 Å². The summed E-state index contributed by atoms with van der Waals surface area (Å²) in [6.07, 6.45) is -0.175. The van der Waals surface area contributed by atoms with Gasteiger partial charge in [-0.25, -0.2) is 0 Å². The molecule has 11 nitrogen and oxygen atoms in total. The second kappa shape index (κ2) is 10.2. The number of halogens is 1. The highest BCUT2D eigenvalue weighted by Gasteiger charge is 2.36. The lowest BCUT2D eigenvalue weighted by Gasteiger charge is -2.17. The lowest BCUT2D eigenvalue weighted by Crippen LogP contribution is -2.43. The van der Waals surface area contributed by atoms with E-state index >= 15 is 0 Å². The first kappa shape index (κ1) is 23.9. The van der Waals surface area contributed by atoms with Crippen LogP contribution in [0.4, 0.5) is 11.4 Å². The van der Waals surface area contributed by atoms with E-state index in [9.17, 15) is 29.3 Å². The zero-order valence-electron chi connectivity index (χ0n) is 17.4. The summed E-state index contributed by atoms with van der Waals surface area (Å²) >= 11 is 3.27. The molecule has 0 unspecified atom stereocenters. The molecule has 33 heavy (non-hydrogen) atoms. The maximum atomic E-state index is 12.3. The highest BCUT2D eigenvalue weighted by atomic mass is 79.9. The number of nitrogens with zero attached hydrogens (tertiary/aromatic N) is 2. The molecule has 0 aliphatic carbocycles. The Labute approximate surface area is 196 Å². The molecule has 1 aliphatic heterocycles. The van der Waals surface area contributed by atoms with Crippen LogP contribution in [0.2, 0.25) is 0 Å². The van der Waals surface area contributed by atoms with Crippen LogP contribution in [0.3, 0.4) is 0 Å². The molecule has 1 saturated heterocycles. The third-order valence-electron chi connectivity index (χ3n) is 4.84. The van der Waals surface area contributed by atoms with E-state index in [1.807, 2.05) is 0 Å². The molecule has 12 heteroatoms. The number of aryl methyl sites for hydroxylation is 1. The summed E-state index contributed by atoms with van der Waals surface area (Å²) in [5, 5.41) is 14.5. The number of hydrogen-bond acceptors (Lipinski definition) is 7.